The molecule has 0 unspecified atom stereocenters. The lowest BCUT2D eigenvalue weighted by Crippen LogP contribution is -2.45. The third-order valence-electron chi connectivity index (χ3n) is 8.58. The lowest BCUT2D eigenvalue weighted by molar-refractivity contribution is -0.275. The zero-order valence-electron chi connectivity index (χ0n) is 27.6. The summed E-state index contributed by atoms with van der Waals surface area (Å²) >= 11 is 0. The van der Waals surface area contributed by atoms with Gasteiger partial charge in [-0.2, -0.15) is 0 Å². The fraction of sp³-hybridized carbons (Fsp3) is 0.342. The molecule has 5 atom stereocenters. The topological polar surface area (TPSA) is 122 Å². The van der Waals surface area contributed by atoms with Crippen molar-refractivity contribution in [2.45, 2.75) is 50.9 Å². The minimum atomic E-state index is -0.861. The van der Waals surface area contributed by atoms with E-state index in [0.29, 0.717) is 18.7 Å². The number of aromatic nitrogens is 1. The van der Waals surface area contributed by atoms with Crippen LogP contribution in [0.1, 0.15) is 47.3 Å². The van der Waals surface area contributed by atoms with Gasteiger partial charge in [0, 0.05) is 55.0 Å². The second-order valence-electron chi connectivity index (χ2n) is 12.1. The Hall–Kier alpha value is -4.61. The van der Waals surface area contributed by atoms with Gasteiger partial charge in [0.05, 0.1) is 25.9 Å². The van der Waals surface area contributed by atoms with Crippen LogP contribution in [0, 0.1) is 5.92 Å². The van der Waals surface area contributed by atoms with Gasteiger partial charge in [-0.25, -0.2) is 9.59 Å². The summed E-state index contributed by atoms with van der Waals surface area (Å²) < 4.78 is 18.2. The van der Waals surface area contributed by atoms with Crippen LogP contribution in [0.2, 0.25) is 0 Å². The summed E-state index contributed by atoms with van der Waals surface area (Å²) in [6, 6.07) is 29.1. The molecule has 1 aliphatic rings. The van der Waals surface area contributed by atoms with Crippen LogP contribution in [-0.2, 0) is 38.5 Å². The van der Waals surface area contributed by atoms with Crippen molar-refractivity contribution < 1.29 is 28.9 Å². The minimum Gasteiger partial charge on any atom is -0.467 e. The maximum absolute atomic E-state index is 13.1. The third-order valence-corrected chi connectivity index (χ3v) is 8.58. The quantitative estimate of drug-likeness (QED) is 0.163. The average Bonchev–Trinajstić information content (AvgIpc) is 3.12. The Morgan fingerprint density at radius 1 is 0.938 bits per heavy atom. The van der Waals surface area contributed by atoms with Crippen LogP contribution in [0.3, 0.4) is 0 Å². The monoisotopic (exact) mass is 652 g/mol. The molecule has 4 aromatic rings. The Balaban J connectivity index is 1.30. The zero-order valence-corrected chi connectivity index (χ0v) is 27.6. The highest BCUT2D eigenvalue weighted by Gasteiger charge is 2.39. The predicted octanol–water partition coefficient (Wildman–Crippen LogP) is 5.45. The van der Waals surface area contributed by atoms with Gasteiger partial charge in [-0.15, -0.1) is 0 Å². The molecule has 1 saturated heterocycles. The lowest BCUT2D eigenvalue weighted by atomic mass is 9.90. The molecule has 0 spiro atoms. The van der Waals surface area contributed by atoms with Crippen molar-refractivity contribution in [1.29, 1.82) is 0 Å². The van der Waals surface area contributed by atoms with E-state index in [1.807, 2.05) is 97.2 Å². The molecule has 0 bridgehead atoms. The number of esters is 1. The van der Waals surface area contributed by atoms with E-state index in [2.05, 4.69) is 34.5 Å². The van der Waals surface area contributed by atoms with Gasteiger partial charge in [-0.3, -0.25) is 4.98 Å². The molecule has 0 aliphatic carbocycles. The van der Waals surface area contributed by atoms with Crippen LogP contribution in [-0.4, -0.2) is 66.4 Å². The molecule has 1 aromatic heterocycles. The maximum Gasteiger partial charge on any atom is 0.328 e. The first-order chi connectivity index (χ1) is 23.3. The summed E-state index contributed by atoms with van der Waals surface area (Å²) in [7, 11) is 3.38. The standard InChI is InChI=1S/C38H44N4O6/c1-26-34(24-42(2)21-19-31-13-7-8-20-39-31)47-37(48-35(26)29-17-15-28(25-43)16-18-29)30-12-9-14-32(23-30)40-38(45)41-33(36(44)46-3)22-27-10-5-4-6-11-27/h4-18,20,23,26,33-35,37,43H,19,21-22,24-25H2,1-3H3,(H2,40,41,45)/t26-,33+,34+,35+,37+/m1/s1. The fourth-order valence-electron chi connectivity index (χ4n) is 5.85. The Bertz CT molecular complexity index is 1600. The first-order valence-electron chi connectivity index (χ1n) is 16.2. The number of rotatable bonds is 13. The van der Waals surface area contributed by atoms with Gasteiger partial charge in [-0.1, -0.05) is 79.7 Å². The van der Waals surface area contributed by atoms with Gasteiger partial charge < -0.3 is 34.9 Å². The average molecular weight is 653 g/mol. The number of aliphatic hydroxyl groups excluding tert-OH is 1. The Morgan fingerprint density at radius 2 is 1.71 bits per heavy atom. The lowest BCUT2D eigenvalue weighted by Gasteiger charge is -2.42. The summed E-state index contributed by atoms with van der Waals surface area (Å²) in [5.74, 6) is -0.513. The number of likely N-dealkylation sites (N-methyl/N-ethyl adjacent to an activating group) is 1. The second-order valence-corrected chi connectivity index (χ2v) is 12.1. The van der Waals surface area contributed by atoms with E-state index in [9.17, 15) is 14.7 Å². The Labute approximate surface area is 282 Å². The number of hydrogen-bond acceptors (Lipinski definition) is 8. The number of carbonyl (C=O) groups excluding carboxylic acids is 2. The minimum absolute atomic E-state index is 0.0190. The Morgan fingerprint density at radius 3 is 2.42 bits per heavy atom. The molecule has 2 heterocycles. The van der Waals surface area contributed by atoms with Crippen LogP contribution >= 0.6 is 0 Å². The van der Waals surface area contributed by atoms with Crippen LogP contribution < -0.4 is 10.6 Å². The number of nitrogens with one attached hydrogen (secondary N) is 2. The summed E-state index contributed by atoms with van der Waals surface area (Å²) in [4.78, 5) is 32.3. The van der Waals surface area contributed by atoms with Crippen molar-refractivity contribution >= 4 is 17.7 Å². The van der Waals surface area contributed by atoms with Crippen LogP contribution in [0.4, 0.5) is 10.5 Å². The highest BCUT2D eigenvalue weighted by atomic mass is 16.7. The number of ether oxygens (including phenoxy) is 3. The Kier molecular flexibility index (Phi) is 12.3. The van der Waals surface area contributed by atoms with Crippen LogP contribution in [0.5, 0.6) is 0 Å². The predicted molar refractivity (Wildman–Crippen MR) is 183 cm³/mol. The molecule has 1 aliphatic heterocycles. The SMILES string of the molecule is COC(=O)[C@H](Cc1ccccc1)NC(=O)Nc1cccc([C@H]2O[C@@H](CN(C)CCc3ccccn3)[C@@H](C)[C@@H](c3ccc(CO)cc3)O2)c1. The number of urea groups is 1. The van der Waals surface area contributed by atoms with Gasteiger partial charge in [0.1, 0.15) is 6.04 Å². The van der Waals surface area contributed by atoms with E-state index in [4.69, 9.17) is 14.2 Å². The second kappa shape index (κ2) is 17.0. The van der Waals surface area contributed by atoms with Gasteiger partial charge in [0.2, 0.25) is 0 Å². The summed E-state index contributed by atoms with van der Waals surface area (Å²) in [5, 5.41) is 15.2. The van der Waals surface area contributed by atoms with E-state index in [0.717, 1.165) is 40.9 Å². The van der Waals surface area contributed by atoms with Crippen molar-refractivity contribution in [2.24, 2.45) is 5.92 Å². The van der Waals surface area contributed by atoms with Crippen molar-refractivity contribution in [3.05, 3.63) is 131 Å². The molecule has 0 saturated carbocycles. The van der Waals surface area contributed by atoms with E-state index >= 15 is 0 Å². The maximum atomic E-state index is 13.1. The van der Waals surface area contributed by atoms with E-state index in [1.54, 1.807) is 6.07 Å². The number of anilines is 1. The number of hydrogen-bond donors (Lipinski definition) is 3. The molecule has 0 radical (unpaired) electrons. The molecule has 10 heteroatoms. The molecule has 2 amide bonds. The summed E-state index contributed by atoms with van der Waals surface area (Å²) in [6.45, 7) is 3.59. The molecule has 5 rings (SSSR count). The highest BCUT2D eigenvalue weighted by molar-refractivity contribution is 5.92. The molecule has 3 N–H and O–H groups in total. The third kappa shape index (κ3) is 9.48. The van der Waals surface area contributed by atoms with Crippen LogP contribution in [0.25, 0.3) is 0 Å². The van der Waals surface area contributed by atoms with Crippen molar-refractivity contribution in [3.63, 3.8) is 0 Å². The number of amides is 2. The molecular weight excluding hydrogens is 608 g/mol. The largest absolute Gasteiger partial charge is 0.467 e. The zero-order chi connectivity index (χ0) is 33.9. The normalized spacial score (nSPS) is 19.8. The van der Waals surface area contributed by atoms with E-state index < -0.39 is 24.3 Å². The fourth-order valence-corrected chi connectivity index (χ4v) is 5.85. The number of methoxy groups -OCH3 is 1. The summed E-state index contributed by atoms with van der Waals surface area (Å²) in [5.41, 5.74) is 5.02. The molecule has 252 valence electrons. The number of benzene rings is 3. The first-order valence-corrected chi connectivity index (χ1v) is 16.2. The van der Waals surface area contributed by atoms with Gasteiger partial charge in [0.15, 0.2) is 6.29 Å². The number of aliphatic hydroxyl groups is 1. The van der Waals surface area contributed by atoms with Crippen LogP contribution in [0.15, 0.2) is 103 Å². The number of carbonyl (C=O) groups is 2. The molecule has 10 nitrogen and oxygen atoms in total. The van der Waals surface area contributed by atoms with Gasteiger partial charge >= 0.3 is 12.0 Å². The van der Waals surface area contributed by atoms with Crippen molar-refractivity contribution in [1.82, 2.24) is 15.2 Å². The van der Waals surface area contributed by atoms with E-state index in [1.165, 1.54) is 7.11 Å². The molecular formula is C38H44N4O6. The van der Waals surface area contributed by atoms with E-state index in [-0.39, 0.29) is 24.7 Å². The molecule has 48 heavy (non-hydrogen) atoms. The molecule has 3 aromatic carbocycles. The van der Waals surface area contributed by atoms with Gasteiger partial charge in [-0.05, 0) is 48.0 Å². The number of pyridine rings is 1. The van der Waals surface area contributed by atoms with Gasteiger partial charge in [0.25, 0.3) is 0 Å². The van der Waals surface area contributed by atoms with Crippen molar-refractivity contribution in [2.75, 3.05) is 32.6 Å². The summed E-state index contributed by atoms with van der Waals surface area (Å²) in [6.07, 6.45) is 1.78. The smallest absolute Gasteiger partial charge is 0.328 e. The molecule has 1 fully saturated rings. The first kappa shape index (κ1) is 34.7. The van der Waals surface area contributed by atoms with Crippen molar-refractivity contribution in [3.8, 4) is 0 Å². The number of nitrogens with zero attached hydrogens (tertiary/aromatic N) is 2. The highest BCUT2D eigenvalue weighted by Crippen LogP contribution is 2.42.